The van der Waals surface area contributed by atoms with Gasteiger partial charge in [-0.05, 0) is 43.2 Å². The third-order valence-electron chi connectivity index (χ3n) is 5.82. The van der Waals surface area contributed by atoms with Gasteiger partial charge in [0, 0.05) is 16.3 Å². The number of aromatic nitrogens is 7. The number of rotatable bonds is 4. The Bertz CT molecular complexity index is 1480. The second-order valence-corrected chi connectivity index (χ2v) is 8.38. The molecule has 9 nitrogen and oxygen atoms in total. The molecule has 0 spiro atoms. The van der Waals surface area contributed by atoms with E-state index in [0.29, 0.717) is 35.5 Å². The van der Waals surface area contributed by atoms with Crippen molar-refractivity contribution in [3.05, 3.63) is 76.8 Å². The average Bonchev–Trinajstić information content (AvgIpc) is 3.53. The van der Waals surface area contributed by atoms with Crippen molar-refractivity contribution in [3.63, 3.8) is 0 Å². The van der Waals surface area contributed by atoms with Crippen LogP contribution in [0.15, 0.2) is 53.6 Å². The fourth-order valence-electron chi connectivity index (χ4n) is 4.23. The topological polar surface area (TPSA) is 99.5 Å². The lowest BCUT2D eigenvalue weighted by atomic mass is 10.1. The summed E-state index contributed by atoms with van der Waals surface area (Å²) in [5.41, 5.74) is 6.73. The highest BCUT2D eigenvalue weighted by atomic mass is 35.5. The summed E-state index contributed by atoms with van der Waals surface area (Å²) in [5, 5.41) is 12.6. The molecule has 33 heavy (non-hydrogen) atoms. The molecule has 10 heteroatoms. The van der Waals surface area contributed by atoms with Crippen LogP contribution in [0.3, 0.4) is 0 Å². The molecule has 2 aromatic carbocycles. The van der Waals surface area contributed by atoms with Gasteiger partial charge in [0.2, 0.25) is 11.7 Å². The Labute approximate surface area is 194 Å². The lowest BCUT2D eigenvalue weighted by molar-refractivity contribution is 0.384. The van der Waals surface area contributed by atoms with E-state index in [1.165, 1.54) is 6.33 Å². The van der Waals surface area contributed by atoms with Crippen LogP contribution >= 0.6 is 11.6 Å². The molecule has 0 amide bonds. The molecule has 0 bridgehead atoms. The summed E-state index contributed by atoms with van der Waals surface area (Å²) in [6.45, 7) is 5.02. The van der Waals surface area contributed by atoms with E-state index in [0.717, 1.165) is 39.6 Å². The summed E-state index contributed by atoms with van der Waals surface area (Å²) in [7, 11) is 0. The van der Waals surface area contributed by atoms with Gasteiger partial charge in [0.25, 0.3) is 0 Å². The minimum atomic E-state index is 0.420. The van der Waals surface area contributed by atoms with E-state index in [4.69, 9.17) is 16.1 Å². The second kappa shape index (κ2) is 7.56. The summed E-state index contributed by atoms with van der Waals surface area (Å²) in [4.78, 5) is 13.6. The van der Waals surface area contributed by atoms with Gasteiger partial charge in [-0.25, -0.2) is 14.6 Å². The maximum Gasteiger partial charge on any atom is 0.246 e. The number of nitrogens with zero attached hydrogens (tertiary/aromatic N) is 7. The van der Waals surface area contributed by atoms with E-state index >= 15 is 0 Å². The van der Waals surface area contributed by atoms with Crippen LogP contribution in [0.1, 0.15) is 22.7 Å². The van der Waals surface area contributed by atoms with E-state index in [2.05, 4.69) is 56.5 Å². The first-order chi connectivity index (χ1) is 16.1. The van der Waals surface area contributed by atoms with E-state index in [9.17, 15) is 0 Å². The molecular formula is C23H19ClN8O. The number of para-hydroxylation sites is 1. The normalized spacial score (nSPS) is 12.1. The lowest BCUT2D eigenvalue weighted by Crippen LogP contribution is -2.06. The zero-order valence-corrected chi connectivity index (χ0v) is 18.7. The Hall–Kier alpha value is -3.98. The number of hydrogen-bond acceptors (Lipinski definition) is 7. The molecule has 164 valence electrons. The van der Waals surface area contributed by atoms with Gasteiger partial charge in [-0.3, -0.25) is 4.57 Å². The molecule has 0 fully saturated rings. The van der Waals surface area contributed by atoms with Gasteiger partial charge in [-0.1, -0.05) is 35.0 Å². The third-order valence-corrected chi connectivity index (χ3v) is 6.05. The molecular weight excluding hydrogens is 440 g/mol. The minimum absolute atomic E-state index is 0.420. The number of imidazole rings is 1. The molecule has 4 heterocycles. The summed E-state index contributed by atoms with van der Waals surface area (Å²) in [6.07, 6.45) is 3.30. The summed E-state index contributed by atoms with van der Waals surface area (Å²) in [6, 6.07) is 11.9. The Morgan fingerprint density at radius 2 is 1.97 bits per heavy atom. The Kier molecular flexibility index (Phi) is 4.51. The Morgan fingerprint density at radius 1 is 1.12 bits per heavy atom. The zero-order chi connectivity index (χ0) is 22.5. The van der Waals surface area contributed by atoms with Crippen LogP contribution in [-0.4, -0.2) is 34.5 Å². The molecule has 0 saturated carbocycles. The van der Waals surface area contributed by atoms with Gasteiger partial charge in [0.05, 0.1) is 24.5 Å². The monoisotopic (exact) mass is 458 g/mol. The number of halogens is 1. The maximum atomic E-state index is 6.27. The number of hydrogen-bond donors (Lipinski definition) is 1. The quantitative estimate of drug-likeness (QED) is 0.417. The number of anilines is 1. The van der Waals surface area contributed by atoms with Crippen LogP contribution < -0.4 is 5.32 Å². The third kappa shape index (κ3) is 3.28. The second-order valence-electron chi connectivity index (χ2n) is 7.94. The Balaban J connectivity index is 1.36. The first kappa shape index (κ1) is 19.7. The number of nitrogens with one attached hydrogen (secondary N) is 1. The van der Waals surface area contributed by atoms with E-state index in [-0.39, 0.29) is 0 Å². The van der Waals surface area contributed by atoms with Crippen molar-refractivity contribution in [2.45, 2.75) is 26.9 Å². The van der Waals surface area contributed by atoms with Crippen molar-refractivity contribution in [1.29, 1.82) is 0 Å². The minimum Gasteiger partial charge on any atom is -0.376 e. The highest BCUT2D eigenvalue weighted by molar-refractivity contribution is 6.31. The molecule has 0 radical (unpaired) electrons. The fourth-order valence-corrected chi connectivity index (χ4v) is 4.40. The van der Waals surface area contributed by atoms with Crippen LogP contribution in [0.25, 0.3) is 28.6 Å². The highest BCUT2D eigenvalue weighted by Crippen LogP contribution is 2.34. The molecule has 1 N–H and O–H groups in total. The summed E-state index contributed by atoms with van der Waals surface area (Å²) in [5.74, 6) is 1.66. The van der Waals surface area contributed by atoms with E-state index in [1.807, 2.05) is 33.5 Å². The average molecular weight is 459 g/mol. The molecule has 6 rings (SSSR count). The first-order valence-corrected chi connectivity index (χ1v) is 10.8. The molecule has 1 aliphatic rings. The van der Waals surface area contributed by atoms with Crippen LogP contribution in [0, 0.1) is 13.8 Å². The first-order valence-electron chi connectivity index (χ1n) is 10.5. The van der Waals surface area contributed by atoms with E-state index < -0.39 is 0 Å². The lowest BCUT2D eigenvalue weighted by Gasteiger charge is -2.10. The number of benzene rings is 2. The van der Waals surface area contributed by atoms with Crippen molar-refractivity contribution >= 4 is 17.3 Å². The van der Waals surface area contributed by atoms with Crippen LogP contribution in [-0.2, 0) is 13.1 Å². The molecule has 0 atom stereocenters. The molecule has 0 unspecified atom stereocenters. The van der Waals surface area contributed by atoms with Gasteiger partial charge in [-0.15, -0.1) is 0 Å². The van der Waals surface area contributed by atoms with Crippen LogP contribution in [0.2, 0.25) is 5.02 Å². The van der Waals surface area contributed by atoms with Crippen LogP contribution in [0.5, 0.6) is 0 Å². The highest BCUT2D eigenvalue weighted by Gasteiger charge is 2.26. The van der Waals surface area contributed by atoms with E-state index in [1.54, 1.807) is 6.33 Å². The fraction of sp³-hybridized carbons (Fsp3) is 0.174. The van der Waals surface area contributed by atoms with Gasteiger partial charge in [0.15, 0.2) is 5.82 Å². The van der Waals surface area contributed by atoms with Gasteiger partial charge in [-0.2, -0.15) is 10.1 Å². The van der Waals surface area contributed by atoms with Crippen molar-refractivity contribution in [2.75, 3.05) is 5.32 Å². The molecule has 1 aliphatic heterocycles. The SMILES string of the molecule is Cc1cccc(C)c1NCc1nc(-c2ncn3c2Cn2ncnc2-c2cc(Cl)ccc2-3)no1. The van der Waals surface area contributed by atoms with Gasteiger partial charge < -0.3 is 9.84 Å². The predicted octanol–water partition coefficient (Wildman–Crippen LogP) is 4.42. The van der Waals surface area contributed by atoms with Gasteiger partial charge >= 0.3 is 0 Å². The van der Waals surface area contributed by atoms with Crippen molar-refractivity contribution < 1.29 is 4.52 Å². The number of aryl methyl sites for hydroxylation is 2. The molecule has 0 saturated heterocycles. The zero-order valence-electron chi connectivity index (χ0n) is 17.9. The molecule has 5 aromatic rings. The maximum absolute atomic E-state index is 6.27. The van der Waals surface area contributed by atoms with Crippen molar-refractivity contribution in [1.82, 2.24) is 34.5 Å². The predicted molar refractivity (Wildman–Crippen MR) is 123 cm³/mol. The summed E-state index contributed by atoms with van der Waals surface area (Å²) >= 11 is 6.27. The smallest absolute Gasteiger partial charge is 0.246 e. The largest absolute Gasteiger partial charge is 0.376 e. The van der Waals surface area contributed by atoms with Gasteiger partial charge in [0.1, 0.15) is 18.3 Å². The van der Waals surface area contributed by atoms with Crippen molar-refractivity contribution in [3.8, 4) is 28.6 Å². The molecule has 3 aromatic heterocycles. The number of fused-ring (bicyclic) bond motifs is 5. The standard InChI is InChI=1S/C23H19ClN8O/c1-13-4-3-5-14(2)20(13)25-9-19-29-22(30-33-19)21-18-10-32-23(26-11-28-32)16-8-15(24)6-7-17(16)31(18)12-27-21/h3-8,11-12,25H,9-10H2,1-2H3. The summed E-state index contributed by atoms with van der Waals surface area (Å²) < 4.78 is 9.35. The van der Waals surface area contributed by atoms with Crippen LogP contribution in [0.4, 0.5) is 5.69 Å². The van der Waals surface area contributed by atoms with Crippen molar-refractivity contribution in [2.24, 2.45) is 0 Å². The molecule has 0 aliphatic carbocycles. The Morgan fingerprint density at radius 3 is 2.82 bits per heavy atom.